The van der Waals surface area contributed by atoms with Gasteiger partial charge in [-0.2, -0.15) is 0 Å². The lowest BCUT2D eigenvalue weighted by molar-refractivity contribution is 0.0697. The SMILES string of the molecule is CCCOc1cc(/C=C(\Cl)c2nc3cc(C(=O)O)ccc3c(=O)[nH]2)ccc1OC. The van der Waals surface area contributed by atoms with Crippen molar-refractivity contribution in [1.29, 1.82) is 0 Å². The van der Waals surface area contributed by atoms with Crippen molar-refractivity contribution < 1.29 is 19.4 Å². The van der Waals surface area contributed by atoms with Gasteiger partial charge in [-0.15, -0.1) is 0 Å². The number of H-pyrrole nitrogens is 1. The van der Waals surface area contributed by atoms with E-state index in [2.05, 4.69) is 9.97 Å². The topological polar surface area (TPSA) is 102 Å². The Bertz CT molecular complexity index is 1150. The summed E-state index contributed by atoms with van der Waals surface area (Å²) in [5, 5.41) is 9.62. The van der Waals surface area contributed by atoms with Gasteiger partial charge in [0.1, 0.15) is 0 Å². The summed E-state index contributed by atoms with van der Waals surface area (Å²) in [4.78, 5) is 30.4. The van der Waals surface area contributed by atoms with Crippen LogP contribution in [0.2, 0.25) is 0 Å². The second kappa shape index (κ2) is 8.79. The molecular weight excluding hydrogens is 396 g/mol. The molecule has 0 bridgehead atoms. The van der Waals surface area contributed by atoms with Gasteiger partial charge in [-0.1, -0.05) is 24.6 Å². The molecule has 0 aliphatic rings. The van der Waals surface area contributed by atoms with Crippen LogP contribution in [-0.4, -0.2) is 34.8 Å². The molecule has 0 fully saturated rings. The van der Waals surface area contributed by atoms with E-state index < -0.39 is 11.5 Å². The van der Waals surface area contributed by atoms with Gasteiger partial charge in [-0.3, -0.25) is 4.79 Å². The molecule has 0 aliphatic heterocycles. The van der Waals surface area contributed by atoms with Crippen LogP contribution in [0.15, 0.2) is 41.2 Å². The standard InChI is InChI=1S/C21H19ClN2O5/c1-3-8-29-18-10-12(4-7-17(18)28-2)9-15(22)19-23-16-11-13(21(26)27)5-6-14(16)20(25)24-19/h4-7,9-11H,3,8H2,1-2H3,(H,26,27)(H,23,24,25)/b15-9-. The first kappa shape index (κ1) is 20.4. The zero-order valence-electron chi connectivity index (χ0n) is 15.9. The third kappa shape index (κ3) is 4.57. The summed E-state index contributed by atoms with van der Waals surface area (Å²) in [6, 6.07) is 9.45. The number of ether oxygens (including phenoxy) is 2. The average molecular weight is 415 g/mol. The van der Waals surface area contributed by atoms with Crippen molar-refractivity contribution in [2.24, 2.45) is 0 Å². The van der Waals surface area contributed by atoms with Gasteiger partial charge in [0, 0.05) is 0 Å². The highest BCUT2D eigenvalue weighted by Gasteiger charge is 2.11. The quantitative estimate of drug-likeness (QED) is 0.602. The minimum absolute atomic E-state index is 0.0366. The number of hydrogen-bond acceptors (Lipinski definition) is 5. The van der Waals surface area contributed by atoms with Gasteiger partial charge in [0.2, 0.25) is 0 Å². The first-order valence-corrected chi connectivity index (χ1v) is 9.26. The second-order valence-corrected chi connectivity index (χ2v) is 6.61. The van der Waals surface area contributed by atoms with Crippen LogP contribution in [0.5, 0.6) is 11.5 Å². The molecule has 0 saturated heterocycles. The minimum atomic E-state index is -1.10. The van der Waals surface area contributed by atoms with Gasteiger partial charge in [-0.25, -0.2) is 9.78 Å². The van der Waals surface area contributed by atoms with Crippen LogP contribution in [0.3, 0.4) is 0 Å². The summed E-state index contributed by atoms with van der Waals surface area (Å²) < 4.78 is 11.0. The lowest BCUT2D eigenvalue weighted by atomic mass is 10.1. The van der Waals surface area contributed by atoms with Crippen molar-refractivity contribution in [2.45, 2.75) is 13.3 Å². The number of benzene rings is 2. The number of nitrogens with zero attached hydrogens (tertiary/aromatic N) is 1. The number of aromatic nitrogens is 2. The molecule has 0 amide bonds. The maximum atomic E-state index is 12.3. The zero-order valence-corrected chi connectivity index (χ0v) is 16.6. The number of hydrogen-bond donors (Lipinski definition) is 2. The third-order valence-electron chi connectivity index (χ3n) is 4.12. The number of carbonyl (C=O) groups is 1. The van der Waals surface area contributed by atoms with Crippen molar-refractivity contribution in [3.05, 3.63) is 63.7 Å². The molecule has 0 spiro atoms. The molecule has 2 N–H and O–H groups in total. The van der Waals surface area contributed by atoms with Crippen molar-refractivity contribution in [1.82, 2.24) is 9.97 Å². The first-order chi connectivity index (χ1) is 13.9. The molecule has 0 unspecified atom stereocenters. The predicted octanol–water partition coefficient (Wildman–Crippen LogP) is 4.16. The van der Waals surface area contributed by atoms with Gasteiger partial charge in [0.15, 0.2) is 17.3 Å². The second-order valence-electron chi connectivity index (χ2n) is 6.20. The summed E-state index contributed by atoms with van der Waals surface area (Å²) in [5.41, 5.74) is 0.602. The van der Waals surface area contributed by atoms with E-state index in [0.717, 1.165) is 12.0 Å². The van der Waals surface area contributed by atoms with Crippen LogP contribution in [0.25, 0.3) is 22.0 Å². The average Bonchev–Trinajstić information content (AvgIpc) is 2.71. The van der Waals surface area contributed by atoms with Gasteiger partial charge in [0.05, 0.1) is 35.2 Å². The zero-order chi connectivity index (χ0) is 21.0. The molecule has 7 nitrogen and oxygen atoms in total. The van der Waals surface area contributed by atoms with Gasteiger partial charge < -0.3 is 19.6 Å². The fourth-order valence-electron chi connectivity index (χ4n) is 2.71. The fourth-order valence-corrected chi connectivity index (χ4v) is 2.92. The maximum Gasteiger partial charge on any atom is 0.335 e. The molecular formula is C21H19ClN2O5. The Labute approximate surface area is 171 Å². The number of methoxy groups -OCH3 is 1. The van der Waals surface area contributed by atoms with Gasteiger partial charge in [-0.05, 0) is 48.4 Å². The maximum absolute atomic E-state index is 12.3. The highest BCUT2D eigenvalue weighted by atomic mass is 35.5. The number of halogens is 1. The molecule has 3 aromatic rings. The molecule has 150 valence electrons. The number of carboxylic acids is 1. The number of rotatable bonds is 7. The van der Waals surface area contributed by atoms with Crippen molar-refractivity contribution in [3.8, 4) is 11.5 Å². The van der Waals surface area contributed by atoms with E-state index >= 15 is 0 Å². The minimum Gasteiger partial charge on any atom is -0.493 e. The van der Waals surface area contributed by atoms with Crippen LogP contribution in [0.1, 0.15) is 35.1 Å². The molecule has 1 aromatic heterocycles. The summed E-state index contributed by atoms with van der Waals surface area (Å²) in [5.74, 6) is 0.220. The van der Waals surface area contributed by atoms with E-state index in [1.165, 1.54) is 18.2 Å². The van der Waals surface area contributed by atoms with E-state index in [4.69, 9.17) is 26.2 Å². The molecule has 29 heavy (non-hydrogen) atoms. The Morgan fingerprint density at radius 3 is 2.72 bits per heavy atom. The first-order valence-electron chi connectivity index (χ1n) is 8.88. The van der Waals surface area contributed by atoms with Crippen LogP contribution in [0, 0.1) is 0 Å². The smallest absolute Gasteiger partial charge is 0.335 e. The molecule has 0 aliphatic carbocycles. The summed E-state index contributed by atoms with van der Waals surface area (Å²) in [6.07, 6.45) is 2.48. The molecule has 0 saturated carbocycles. The third-order valence-corrected chi connectivity index (χ3v) is 4.41. The fraction of sp³-hybridized carbons (Fsp3) is 0.190. The summed E-state index contributed by atoms with van der Waals surface area (Å²) >= 11 is 6.39. The van der Waals surface area contributed by atoms with E-state index in [1.54, 1.807) is 31.4 Å². The Hall–Kier alpha value is -3.32. The lowest BCUT2D eigenvalue weighted by Gasteiger charge is -2.11. The molecule has 3 rings (SSSR count). The Morgan fingerprint density at radius 1 is 1.24 bits per heavy atom. The summed E-state index contributed by atoms with van der Waals surface area (Å²) in [7, 11) is 1.56. The van der Waals surface area contributed by atoms with Crippen LogP contribution < -0.4 is 15.0 Å². The Balaban J connectivity index is 2.02. The molecule has 2 aromatic carbocycles. The van der Waals surface area contributed by atoms with Crippen LogP contribution >= 0.6 is 11.6 Å². The van der Waals surface area contributed by atoms with Gasteiger partial charge in [0.25, 0.3) is 5.56 Å². The predicted molar refractivity (Wildman–Crippen MR) is 112 cm³/mol. The van der Waals surface area contributed by atoms with E-state index in [0.29, 0.717) is 18.1 Å². The van der Waals surface area contributed by atoms with E-state index in [-0.39, 0.29) is 27.3 Å². The Kier molecular flexibility index (Phi) is 6.19. The molecule has 0 radical (unpaired) electrons. The highest BCUT2D eigenvalue weighted by molar-refractivity contribution is 6.50. The molecule has 8 heteroatoms. The Morgan fingerprint density at radius 2 is 2.03 bits per heavy atom. The number of aromatic amines is 1. The number of aromatic carboxylic acids is 1. The van der Waals surface area contributed by atoms with E-state index in [9.17, 15) is 9.59 Å². The lowest BCUT2D eigenvalue weighted by Crippen LogP contribution is -2.11. The number of nitrogens with one attached hydrogen (secondary N) is 1. The molecule has 0 atom stereocenters. The van der Waals surface area contributed by atoms with Crippen LogP contribution in [-0.2, 0) is 0 Å². The van der Waals surface area contributed by atoms with Crippen LogP contribution in [0.4, 0.5) is 0 Å². The number of carboxylic acid groups (broad SMARTS) is 1. The normalized spacial score (nSPS) is 11.5. The van der Waals surface area contributed by atoms with Crippen molar-refractivity contribution >= 4 is 39.6 Å². The summed E-state index contributed by atoms with van der Waals surface area (Å²) in [6.45, 7) is 2.55. The largest absolute Gasteiger partial charge is 0.493 e. The monoisotopic (exact) mass is 414 g/mol. The number of fused-ring (bicyclic) bond motifs is 1. The molecule has 1 heterocycles. The van der Waals surface area contributed by atoms with Crippen molar-refractivity contribution in [3.63, 3.8) is 0 Å². The van der Waals surface area contributed by atoms with E-state index in [1.807, 2.05) is 6.92 Å². The van der Waals surface area contributed by atoms with Crippen molar-refractivity contribution in [2.75, 3.05) is 13.7 Å². The van der Waals surface area contributed by atoms with Gasteiger partial charge >= 0.3 is 5.97 Å². The highest BCUT2D eigenvalue weighted by Crippen LogP contribution is 2.30.